The summed E-state index contributed by atoms with van der Waals surface area (Å²) in [5.41, 5.74) is 1.64. The van der Waals surface area contributed by atoms with E-state index in [1.807, 2.05) is 0 Å². The van der Waals surface area contributed by atoms with Crippen LogP contribution in [0.25, 0.3) is 11.5 Å². The van der Waals surface area contributed by atoms with Crippen LogP contribution in [0.3, 0.4) is 0 Å². The number of alkyl halides is 2. The Bertz CT molecular complexity index is 1030. The highest BCUT2D eigenvalue weighted by Crippen LogP contribution is 2.24. The van der Waals surface area contributed by atoms with Gasteiger partial charge in [0.25, 0.3) is 11.8 Å². The van der Waals surface area contributed by atoms with Crippen LogP contribution in [0.4, 0.5) is 14.5 Å². The van der Waals surface area contributed by atoms with Crippen LogP contribution in [0.15, 0.2) is 45.4 Å². The van der Waals surface area contributed by atoms with Crippen molar-refractivity contribution in [3.63, 3.8) is 0 Å². The molecule has 0 aliphatic heterocycles. The Morgan fingerprint density at radius 1 is 1.31 bits per heavy atom. The second-order valence-electron chi connectivity index (χ2n) is 5.90. The summed E-state index contributed by atoms with van der Waals surface area (Å²) in [5, 5.41) is 9.33. The zero-order valence-corrected chi connectivity index (χ0v) is 16.6. The number of anilines is 1. The van der Waals surface area contributed by atoms with Crippen LogP contribution in [0, 0.1) is 0 Å². The van der Waals surface area contributed by atoms with Crippen molar-refractivity contribution in [2.75, 3.05) is 12.4 Å². The maximum Gasteiger partial charge on any atom is 0.314 e. The first-order valence-corrected chi connectivity index (χ1v) is 9.00. The van der Waals surface area contributed by atoms with E-state index < -0.39 is 12.3 Å². The largest absolute Gasteiger partial charge is 0.415 e. The molecule has 2 aromatic heterocycles. The highest BCUT2D eigenvalue weighted by molar-refractivity contribution is 9.10. The maximum absolute atomic E-state index is 12.7. The number of halogens is 3. The third kappa shape index (κ3) is 4.80. The number of amides is 2. The summed E-state index contributed by atoms with van der Waals surface area (Å²) in [6.45, 7) is 0.182. The summed E-state index contributed by atoms with van der Waals surface area (Å²) in [7, 11) is 1.59. The lowest BCUT2D eigenvalue weighted by atomic mass is 10.1. The van der Waals surface area contributed by atoms with Gasteiger partial charge in [0.05, 0.1) is 29.1 Å². The van der Waals surface area contributed by atoms with E-state index >= 15 is 0 Å². The van der Waals surface area contributed by atoms with E-state index in [0.717, 1.165) is 0 Å². The van der Waals surface area contributed by atoms with Crippen molar-refractivity contribution >= 4 is 33.9 Å². The standard InChI is InChI=1S/C18H14BrF2N5O3/c1-26(18(28)13-5-3-11(19)6-14(13)23-9-27)8-12-4-2-10(7-22-12)16-24-25-17(29-16)15(20)21/h2-7,9,15H,8H2,1H3,(H,23,27). The van der Waals surface area contributed by atoms with E-state index in [2.05, 4.69) is 36.4 Å². The number of hydrogen-bond acceptors (Lipinski definition) is 6. The van der Waals surface area contributed by atoms with Gasteiger partial charge < -0.3 is 14.6 Å². The summed E-state index contributed by atoms with van der Waals surface area (Å²) in [6, 6.07) is 8.13. The number of pyridine rings is 1. The number of benzene rings is 1. The third-order valence-electron chi connectivity index (χ3n) is 3.87. The Morgan fingerprint density at radius 2 is 2.10 bits per heavy atom. The molecule has 0 atom stereocenters. The molecule has 3 aromatic rings. The molecule has 2 amide bonds. The molecule has 0 spiro atoms. The number of nitrogens with zero attached hydrogens (tertiary/aromatic N) is 4. The third-order valence-corrected chi connectivity index (χ3v) is 4.36. The van der Waals surface area contributed by atoms with Crippen LogP contribution >= 0.6 is 15.9 Å². The molecule has 0 bridgehead atoms. The van der Waals surface area contributed by atoms with Crippen molar-refractivity contribution in [1.29, 1.82) is 0 Å². The maximum atomic E-state index is 12.7. The zero-order valence-electron chi connectivity index (χ0n) is 15.0. The molecule has 150 valence electrons. The predicted molar refractivity (Wildman–Crippen MR) is 102 cm³/mol. The van der Waals surface area contributed by atoms with Crippen molar-refractivity contribution in [3.05, 3.63) is 58.1 Å². The molecule has 2 heterocycles. The molecule has 29 heavy (non-hydrogen) atoms. The normalized spacial score (nSPS) is 10.8. The number of rotatable bonds is 7. The Hall–Kier alpha value is -3.21. The van der Waals surface area contributed by atoms with Crippen LogP contribution in [-0.4, -0.2) is 39.4 Å². The monoisotopic (exact) mass is 465 g/mol. The van der Waals surface area contributed by atoms with E-state index in [0.29, 0.717) is 33.4 Å². The molecule has 0 aliphatic rings. The summed E-state index contributed by atoms with van der Waals surface area (Å²) in [4.78, 5) is 29.2. The minimum Gasteiger partial charge on any atom is -0.415 e. The SMILES string of the molecule is CN(Cc1ccc(-c2nnc(C(F)F)o2)cn1)C(=O)c1ccc(Br)cc1NC=O. The molecule has 0 saturated heterocycles. The molecule has 0 fully saturated rings. The number of carbonyl (C=O) groups is 2. The summed E-state index contributed by atoms with van der Waals surface area (Å²) >= 11 is 3.29. The van der Waals surface area contributed by atoms with Gasteiger partial charge in [0.2, 0.25) is 12.3 Å². The highest BCUT2D eigenvalue weighted by Gasteiger charge is 2.19. The van der Waals surface area contributed by atoms with Crippen LogP contribution in [0.2, 0.25) is 0 Å². The lowest BCUT2D eigenvalue weighted by molar-refractivity contribution is -0.105. The van der Waals surface area contributed by atoms with Gasteiger partial charge in [0.15, 0.2) is 0 Å². The van der Waals surface area contributed by atoms with E-state index in [1.54, 1.807) is 37.4 Å². The van der Waals surface area contributed by atoms with Gasteiger partial charge >= 0.3 is 6.43 Å². The first kappa shape index (κ1) is 20.5. The fourth-order valence-electron chi connectivity index (χ4n) is 2.49. The first-order chi connectivity index (χ1) is 13.9. The Morgan fingerprint density at radius 3 is 2.72 bits per heavy atom. The molecule has 8 nitrogen and oxygen atoms in total. The smallest absolute Gasteiger partial charge is 0.314 e. The molecule has 0 saturated carbocycles. The average Bonchev–Trinajstić information content (AvgIpc) is 3.19. The van der Waals surface area contributed by atoms with Crippen molar-refractivity contribution in [2.45, 2.75) is 13.0 Å². The molecule has 0 radical (unpaired) electrons. The zero-order chi connectivity index (χ0) is 21.0. The Balaban J connectivity index is 1.72. The molecule has 1 aromatic carbocycles. The fourth-order valence-corrected chi connectivity index (χ4v) is 2.85. The summed E-state index contributed by atoms with van der Waals surface area (Å²) in [5.74, 6) is -1.14. The lowest BCUT2D eigenvalue weighted by Gasteiger charge is -2.18. The van der Waals surface area contributed by atoms with E-state index in [4.69, 9.17) is 4.42 Å². The van der Waals surface area contributed by atoms with Crippen LogP contribution in [0.5, 0.6) is 0 Å². The minimum absolute atomic E-state index is 0.0665. The Kier molecular flexibility index (Phi) is 6.27. The first-order valence-electron chi connectivity index (χ1n) is 8.21. The number of aromatic nitrogens is 3. The van der Waals surface area contributed by atoms with Gasteiger partial charge in [-0.2, -0.15) is 8.78 Å². The molecule has 3 rings (SSSR count). The van der Waals surface area contributed by atoms with Crippen LogP contribution in [0.1, 0.15) is 28.4 Å². The van der Waals surface area contributed by atoms with Gasteiger partial charge in [-0.15, -0.1) is 10.2 Å². The fraction of sp³-hybridized carbons (Fsp3) is 0.167. The molecule has 1 N–H and O–H groups in total. The van der Waals surface area contributed by atoms with Gasteiger partial charge in [-0.3, -0.25) is 14.6 Å². The summed E-state index contributed by atoms with van der Waals surface area (Å²) < 4.78 is 30.7. The predicted octanol–water partition coefficient (Wildman–Crippen LogP) is 3.67. The van der Waals surface area contributed by atoms with Crippen LogP contribution < -0.4 is 5.32 Å². The number of nitrogens with one attached hydrogen (secondary N) is 1. The number of carbonyl (C=O) groups excluding carboxylic acids is 2. The minimum atomic E-state index is -2.85. The lowest BCUT2D eigenvalue weighted by Crippen LogP contribution is -2.27. The molecule has 0 unspecified atom stereocenters. The quantitative estimate of drug-likeness (QED) is 0.534. The van der Waals surface area contributed by atoms with Crippen molar-refractivity contribution < 1.29 is 22.8 Å². The molecular weight excluding hydrogens is 452 g/mol. The van der Waals surface area contributed by atoms with E-state index in [1.165, 1.54) is 11.1 Å². The summed E-state index contributed by atoms with van der Waals surface area (Å²) in [6.07, 6.45) is -0.953. The molecular formula is C18H14BrF2N5O3. The number of hydrogen-bond donors (Lipinski definition) is 1. The van der Waals surface area contributed by atoms with E-state index in [9.17, 15) is 18.4 Å². The Labute approximate surface area is 172 Å². The highest BCUT2D eigenvalue weighted by atomic mass is 79.9. The van der Waals surface area contributed by atoms with Gasteiger partial charge in [-0.1, -0.05) is 15.9 Å². The van der Waals surface area contributed by atoms with Gasteiger partial charge in [-0.05, 0) is 30.3 Å². The van der Waals surface area contributed by atoms with Crippen LogP contribution in [-0.2, 0) is 11.3 Å². The molecule has 0 aliphatic carbocycles. The van der Waals surface area contributed by atoms with Gasteiger partial charge in [0.1, 0.15) is 0 Å². The second-order valence-corrected chi connectivity index (χ2v) is 6.81. The molecule has 11 heteroatoms. The van der Waals surface area contributed by atoms with Crippen molar-refractivity contribution in [1.82, 2.24) is 20.1 Å². The van der Waals surface area contributed by atoms with Gasteiger partial charge in [0, 0.05) is 17.7 Å². The van der Waals surface area contributed by atoms with Crippen molar-refractivity contribution in [3.8, 4) is 11.5 Å². The average molecular weight is 466 g/mol. The van der Waals surface area contributed by atoms with E-state index in [-0.39, 0.29) is 18.3 Å². The van der Waals surface area contributed by atoms with Gasteiger partial charge in [-0.25, -0.2) is 0 Å². The van der Waals surface area contributed by atoms with Crippen molar-refractivity contribution in [2.24, 2.45) is 0 Å². The second kappa shape index (κ2) is 8.86. The topological polar surface area (TPSA) is 101 Å².